The zero-order valence-electron chi connectivity index (χ0n) is 17.6. The van der Waals surface area contributed by atoms with Gasteiger partial charge in [-0.1, -0.05) is 0 Å². The van der Waals surface area contributed by atoms with Crippen LogP contribution in [0.3, 0.4) is 0 Å². The Morgan fingerprint density at radius 3 is 2.76 bits per heavy atom. The Bertz CT molecular complexity index is 1150. The number of hydrogen-bond donors (Lipinski definition) is 4. The quantitative estimate of drug-likeness (QED) is 0.384. The molecule has 3 aromatic heterocycles. The van der Waals surface area contributed by atoms with E-state index in [1.54, 1.807) is 11.5 Å². The minimum Gasteiger partial charge on any atom is -0.395 e. The molecule has 3 aromatic rings. The van der Waals surface area contributed by atoms with Crippen molar-refractivity contribution in [3.05, 3.63) is 30.5 Å². The second-order valence-electron chi connectivity index (χ2n) is 7.10. The number of aromatic amines is 1. The lowest BCUT2D eigenvalue weighted by Gasteiger charge is -2.18. The van der Waals surface area contributed by atoms with E-state index in [0.717, 1.165) is 0 Å². The third-order valence-electron chi connectivity index (χ3n) is 4.54. The van der Waals surface area contributed by atoms with Gasteiger partial charge >= 0.3 is 6.18 Å². The van der Waals surface area contributed by atoms with Gasteiger partial charge in [0.05, 0.1) is 6.61 Å². The monoisotopic (exact) mass is 466 g/mol. The third kappa shape index (κ3) is 5.91. The van der Waals surface area contributed by atoms with E-state index in [2.05, 4.69) is 30.2 Å². The van der Waals surface area contributed by atoms with E-state index in [4.69, 9.17) is 5.11 Å². The molecule has 0 aliphatic rings. The highest BCUT2D eigenvalue weighted by atomic mass is 19.4. The Kier molecular flexibility index (Phi) is 7.06. The van der Waals surface area contributed by atoms with Crippen LogP contribution in [0.2, 0.25) is 0 Å². The number of aliphatic hydroxyl groups is 1. The van der Waals surface area contributed by atoms with Crippen molar-refractivity contribution in [2.45, 2.75) is 19.1 Å². The average Bonchev–Trinajstić information content (AvgIpc) is 3.20. The Balaban J connectivity index is 1.95. The summed E-state index contributed by atoms with van der Waals surface area (Å²) in [5.41, 5.74) is 0.932. The molecule has 0 aliphatic carbocycles. The zero-order chi connectivity index (χ0) is 24.2. The fourth-order valence-corrected chi connectivity index (χ4v) is 2.87. The summed E-state index contributed by atoms with van der Waals surface area (Å²) in [6.45, 7) is -0.329. The lowest BCUT2D eigenvalue weighted by molar-refractivity contribution is -0.138. The highest BCUT2D eigenvalue weighted by Crippen LogP contribution is 2.26. The summed E-state index contributed by atoms with van der Waals surface area (Å²) < 4.78 is 37.2. The molecule has 0 aliphatic heterocycles. The van der Waals surface area contributed by atoms with Gasteiger partial charge in [-0.3, -0.25) is 9.59 Å². The maximum absolute atomic E-state index is 12.8. The SMILES string of the molecule is C[C@H](Nc1cc(C(=O)N(C)CCO)nc(-c2c[nH]c3ncncc23)n1)C(=O)NCC(F)(F)F. The number of nitrogens with one attached hydrogen (secondary N) is 3. The Morgan fingerprint density at radius 1 is 1.30 bits per heavy atom. The van der Waals surface area contributed by atoms with E-state index < -0.39 is 30.6 Å². The maximum Gasteiger partial charge on any atom is 0.405 e. The summed E-state index contributed by atoms with van der Waals surface area (Å²) >= 11 is 0. The predicted octanol–water partition coefficient (Wildman–Crippen LogP) is 0.958. The summed E-state index contributed by atoms with van der Waals surface area (Å²) in [5, 5.41) is 14.2. The van der Waals surface area contributed by atoms with E-state index in [0.29, 0.717) is 16.6 Å². The third-order valence-corrected chi connectivity index (χ3v) is 4.54. The molecule has 0 fully saturated rings. The molecule has 2 amide bonds. The first-order valence-corrected chi connectivity index (χ1v) is 9.73. The molecule has 0 bridgehead atoms. The molecular formula is C19H21F3N8O3. The van der Waals surface area contributed by atoms with E-state index >= 15 is 0 Å². The van der Waals surface area contributed by atoms with Crippen LogP contribution in [0.5, 0.6) is 0 Å². The normalized spacial score (nSPS) is 12.4. The smallest absolute Gasteiger partial charge is 0.395 e. The topological polar surface area (TPSA) is 149 Å². The number of amides is 2. The largest absolute Gasteiger partial charge is 0.405 e. The first-order chi connectivity index (χ1) is 15.6. The highest BCUT2D eigenvalue weighted by Gasteiger charge is 2.29. The van der Waals surface area contributed by atoms with Gasteiger partial charge in [0.1, 0.15) is 36.1 Å². The van der Waals surface area contributed by atoms with E-state index in [-0.39, 0.29) is 30.5 Å². The molecule has 1 atom stereocenters. The van der Waals surface area contributed by atoms with Crippen LogP contribution in [0.15, 0.2) is 24.8 Å². The van der Waals surface area contributed by atoms with Crippen molar-refractivity contribution in [3.8, 4) is 11.4 Å². The molecule has 0 spiro atoms. The van der Waals surface area contributed by atoms with Crippen molar-refractivity contribution >= 4 is 28.7 Å². The van der Waals surface area contributed by atoms with Crippen molar-refractivity contribution < 1.29 is 27.9 Å². The van der Waals surface area contributed by atoms with Crippen LogP contribution in [0.4, 0.5) is 19.0 Å². The van der Waals surface area contributed by atoms with Crippen molar-refractivity contribution in [1.29, 1.82) is 0 Å². The van der Waals surface area contributed by atoms with Crippen LogP contribution < -0.4 is 10.6 Å². The van der Waals surface area contributed by atoms with Crippen molar-refractivity contribution in [2.75, 3.05) is 32.1 Å². The Morgan fingerprint density at radius 2 is 2.06 bits per heavy atom. The van der Waals surface area contributed by atoms with E-state index in [1.165, 1.54) is 37.5 Å². The minimum absolute atomic E-state index is 0.0432. The summed E-state index contributed by atoms with van der Waals surface area (Å²) in [4.78, 5) is 45.7. The average molecular weight is 466 g/mol. The number of H-pyrrole nitrogens is 1. The van der Waals surface area contributed by atoms with Crippen LogP contribution in [-0.2, 0) is 4.79 Å². The summed E-state index contributed by atoms with van der Waals surface area (Å²) in [6, 6.07) is 0.179. The molecule has 0 aromatic carbocycles. The first-order valence-electron chi connectivity index (χ1n) is 9.73. The van der Waals surface area contributed by atoms with Crippen molar-refractivity contribution in [1.82, 2.24) is 35.1 Å². The number of hydrogen-bond acceptors (Lipinski definition) is 8. The van der Waals surface area contributed by atoms with Crippen molar-refractivity contribution in [2.24, 2.45) is 0 Å². The van der Waals surface area contributed by atoms with Crippen LogP contribution in [0.25, 0.3) is 22.4 Å². The van der Waals surface area contributed by atoms with Crippen LogP contribution >= 0.6 is 0 Å². The number of likely N-dealkylation sites (N-methyl/N-ethyl adjacent to an activating group) is 1. The maximum atomic E-state index is 12.8. The summed E-state index contributed by atoms with van der Waals surface area (Å²) in [7, 11) is 1.47. The lowest BCUT2D eigenvalue weighted by atomic mass is 10.2. The lowest BCUT2D eigenvalue weighted by Crippen LogP contribution is -2.42. The zero-order valence-corrected chi connectivity index (χ0v) is 17.6. The number of carbonyl (C=O) groups excluding carboxylic acids is 2. The van der Waals surface area contributed by atoms with Gasteiger partial charge in [-0.2, -0.15) is 13.2 Å². The molecule has 33 heavy (non-hydrogen) atoms. The Labute approximate surface area is 185 Å². The summed E-state index contributed by atoms with van der Waals surface area (Å²) in [5.74, 6) is -1.29. The van der Waals surface area contributed by atoms with Crippen molar-refractivity contribution in [3.63, 3.8) is 0 Å². The van der Waals surface area contributed by atoms with Gasteiger partial charge in [-0.15, -0.1) is 0 Å². The second kappa shape index (κ2) is 9.77. The predicted molar refractivity (Wildman–Crippen MR) is 111 cm³/mol. The van der Waals surface area contributed by atoms with Crippen LogP contribution in [0, 0.1) is 0 Å². The number of fused-ring (bicyclic) bond motifs is 1. The standard InChI is InChI=1S/C19H21F3N8O3/c1-10(17(32)25-8-19(20,21)22)27-14-5-13(18(33)30(2)3-4-31)28-16(29-14)12-7-24-15-11(12)6-23-9-26-15/h5-7,9-10,31H,3-4,8H2,1-2H3,(H,25,32)(H,23,24,26)(H,27,28,29)/t10-/m0/s1. The second-order valence-corrected chi connectivity index (χ2v) is 7.10. The van der Waals surface area contributed by atoms with Gasteiger partial charge in [0.2, 0.25) is 5.91 Å². The number of carbonyl (C=O) groups is 2. The molecule has 0 saturated carbocycles. The number of aromatic nitrogens is 5. The van der Waals surface area contributed by atoms with E-state index in [9.17, 15) is 22.8 Å². The highest BCUT2D eigenvalue weighted by molar-refractivity contribution is 5.95. The Hall–Kier alpha value is -3.81. The molecule has 0 saturated heterocycles. The first kappa shape index (κ1) is 23.8. The molecule has 11 nitrogen and oxygen atoms in total. The minimum atomic E-state index is -4.55. The number of anilines is 1. The molecule has 0 unspecified atom stereocenters. The molecule has 14 heteroatoms. The van der Waals surface area contributed by atoms with E-state index in [1.807, 2.05) is 0 Å². The van der Waals surface area contributed by atoms with Crippen LogP contribution in [0.1, 0.15) is 17.4 Å². The molecule has 3 rings (SSSR count). The molecule has 4 N–H and O–H groups in total. The summed E-state index contributed by atoms with van der Waals surface area (Å²) in [6.07, 6.45) is -0.0961. The number of aliphatic hydroxyl groups excluding tert-OH is 1. The molecule has 0 radical (unpaired) electrons. The van der Waals surface area contributed by atoms with Gasteiger partial charge in [0.15, 0.2) is 5.82 Å². The van der Waals surface area contributed by atoms with Crippen LogP contribution in [-0.4, -0.2) is 85.7 Å². The number of rotatable bonds is 8. The van der Waals surface area contributed by atoms with Gasteiger partial charge in [0.25, 0.3) is 5.91 Å². The van der Waals surface area contributed by atoms with Gasteiger partial charge < -0.3 is 25.6 Å². The number of halogens is 3. The van der Waals surface area contributed by atoms with Gasteiger partial charge in [-0.05, 0) is 6.92 Å². The number of nitrogens with zero attached hydrogens (tertiary/aromatic N) is 5. The molecular weight excluding hydrogens is 445 g/mol. The van der Waals surface area contributed by atoms with Gasteiger partial charge in [-0.25, -0.2) is 19.9 Å². The van der Waals surface area contributed by atoms with Gasteiger partial charge in [0, 0.05) is 43.0 Å². The molecule has 3 heterocycles. The fourth-order valence-electron chi connectivity index (χ4n) is 2.87. The molecule has 176 valence electrons. The number of alkyl halides is 3. The fraction of sp³-hybridized carbons (Fsp3) is 0.368.